The van der Waals surface area contributed by atoms with Gasteiger partial charge in [-0.15, -0.1) is 0 Å². The summed E-state index contributed by atoms with van der Waals surface area (Å²) >= 11 is 0. The fourth-order valence-corrected chi connectivity index (χ4v) is 2.93. The molecule has 0 aliphatic carbocycles. The molecular formula is C18H25NO4. The van der Waals surface area contributed by atoms with Gasteiger partial charge in [-0.05, 0) is 45.2 Å². The third-order valence-corrected chi connectivity index (χ3v) is 4.32. The second-order valence-electron chi connectivity index (χ2n) is 6.15. The zero-order valence-corrected chi connectivity index (χ0v) is 14.3. The molecule has 5 nitrogen and oxygen atoms in total. The van der Waals surface area contributed by atoms with Gasteiger partial charge in [0, 0.05) is 13.1 Å². The predicted octanol–water partition coefficient (Wildman–Crippen LogP) is 2.48. The van der Waals surface area contributed by atoms with Gasteiger partial charge in [0.2, 0.25) is 0 Å². The Morgan fingerprint density at radius 1 is 1.22 bits per heavy atom. The second kappa shape index (κ2) is 7.49. The Labute approximate surface area is 137 Å². The maximum atomic E-state index is 12.5. The SMILES string of the molecule is COC(=O)C1CCN(C(=O)C(C)Oc2ccc(C)cc2C)CC1. The number of hydrogen-bond donors (Lipinski definition) is 0. The van der Waals surface area contributed by atoms with Crippen molar-refractivity contribution >= 4 is 11.9 Å². The van der Waals surface area contributed by atoms with Crippen LogP contribution in [0.1, 0.15) is 30.9 Å². The molecule has 1 aliphatic rings. The van der Waals surface area contributed by atoms with Crippen LogP contribution in [-0.2, 0) is 14.3 Å². The summed E-state index contributed by atoms with van der Waals surface area (Å²) in [5.41, 5.74) is 2.19. The van der Waals surface area contributed by atoms with Crippen molar-refractivity contribution in [3.8, 4) is 5.75 Å². The molecule has 1 aromatic rings. The number of carbonyl (C=O) groups excluding carboxylic acids is 2. The maximum absolute atomic E-state index is 12.5. The number of nitrogens with zero attached hydrogens (tertiary/aromatic N) is 1. The molecule has 126 valence electrons. The summed E-state index contributed by atoms with van der Waals surface area (Å²) in [6.07, 6.45) is 0.759. The van der Waals surface area contributed by atoms with E-state index in [0.717, 1.165) is 11.3 Å². The molecule has 1 fully saturated rings. The van der Waals surface area contributed by atoms with Gasteiger partial charge in [0.25, 0.3) is 5.91 Å². The van der Waals surface area contributed by atoms with Crippen LogP contribution in [0.15, 0.2) is 18.2 Å². The van der Waals surface area contributed by atoms with Crippen LogP contribution in [0.5, 0.6) is 5.75 Å². The minimum atomic E-state index is -0.536. The quantitative estimate of drug-likeness (QED) is 0.800. The highest BCUT2D eigenvalue weighted by Crippen LogP contribution is 2.22. The summed E-state index contributed by atoms with van der Waals surface area (Å²) in [5, 5.41) is 0. The van der Waals surface area contributed by atoms with Gasteiger partial charge < -0.3 is 14.4 Å². The molecular weight excluding hydrogens is 294 g/mol. The first kappa shape index (κ1) is 17.3. The number of carbonyl (C=O) groups is 2. The Morgan fingerprint density at radius 2 is 1.87 bits per heavy atom. The number of aryl methyl sites for hydroxylation is 2. The lowest BCUT2D eigenvalue weighted by Crippen LogP contribution is -2.45. The molecule has 1 aromatic carbocycles. The second-order valence-corrected chi connectivity index (χ2v) is 6.15. The first-order valence-corrected chi connectivity index (χ1v) is 8.03. The molecule has 23 heavy (non-hydrogen) atoms. The lowest BCUT2D eigenvalue weighted by molar-refractivity contribution is -0.150. The number of amides is 1. The molecule has 0 aromatic heterocycles. The van der Waals surface area contributed by atoms with Crippen molar-refractivity contribution in [2.75, 3.05) is 20.2 Å². The van der Waals surface area contributed by atoms with Crippen molar-refractivity contribution in [2.45, 2.75) is 39.7 Å². The van der Waals surface area contributed by atoms with Gasteiger partial charge in [-0.3, -0.25) is 9.59 Å². The topological polar surface area (TPSA) is 55.8 Å². The monoisotopic (exact) mass is 319 g/mol. The number of ether oxygens (including phenoxy) is 2. The van der Waals surface area contributed by atoms with Crippen molar-refractivity contribution < 1.29 is 19.1 Å². The molecule has 0 spiro atoms. The third kappa shape index (κ3) is 4.24. The molecule has 1 amide bonds. The van der Waals surface area contributed by atoms with E-state index in [1.165, 1.54) is 12.7 Å². The van der Waals surface area contributed by atoms with E-state index >= 15 is 0 Å². The molecule has 1 saturated heterocycles. The number of esters is 1. The molecule has 0 saturated carbocycles. The van der Waals surface area contributed by atoms with E-state index in [4.69, 9.17) is 9.47 Å². The Kier molecular flexibility index (Phi) is 5.64. The van der Waals surface area contributed by atoms with Crippen LogP contribution < -0.4 is 4.74 Å². The highest BCUT2D eigenvalue weighted by Gasteiger charge is 2.30. The highest BCUT2D eigenvalue weighted by atomic mass is 16.5. The standard InChI is InChI=1S/C18H25NO4/c1-12-5-6-16(13(2)11-12)23-14(3)17(20)19-9-7-15(8-10-19)18(21)22-4/h5-6,11,14-15H,7-10H2,1-4H3. The Hall–Kier alpha value is -2.04. The first-order chi connectivity index (χ1) is 10.9. The van der Waals surface area contributed by atoms with Gasteiger partial charge >= 0.3 is 5.97 Å². The molecule has 5 heteroatoms. The Balaban J connectivity index is 1.92. The summed E-state index contributed by atoms with van der Waals surface area (Å²) < 4.78 is 10.6. The third-order valence-electron chi connectivity index (χ3n) is 4.32. The van der Waals surface area contributed by atoms with Crippen molar-refractivity contribution in [1.29, 1.82) is 0 Å². The van der Waals surface area contributed by atoms with E-state index in [1.54, 1.807) is 11.8 Å². The van der Waals surface area contributed by atoms with Crippen molar-refractivity contribution in [1.82, 2.24) is 4.90 Å². The number of methoxy groups -OCH3 is 1. The smallest absolute Gasteiger partial charge is 0.308 e. The molecule has 1 atom stereocenters. The van der Waals surface area contributed by atoms with Crippen LogP contribution in [0, 0.1) is 19.8 Å². The Morgan fingerprint density at radius 3 is 2.43 bits per heavy atom. The van der Waals surface area contributed by atoms with Crippen LogP contribution in [0.25, 0.3) is 0 Å². The summed E-state index contributed by atoms with van der Waals surface area (Å²) in [6, 6.07) is 5.91. The number of hydrogen-bond acceptors (Lipinski definition) is 4. The van der Waals surface area contributed by atoms with E-state index in [2.05, 4.69) is 0 Å². The van der Waals surface area contributed by atoms with E-state index in [0.29, 0.717) is 25.9 Å². The summed E-state index contributed by atoms with van der Waals surface area (Å²) in [6.45, 7) is 6.91. The molecule has 1 aliphatic heterocycles. The molecule has 1 heterocycles. The number of likely N-dealkylation sites (tertiary alicyclic amines) is 1. The maximum Gasteiger partial charge on any atom is 0.308 e. The summed E-state index contributed by atoms with van der Waals surface area (Å²) in [4.78, 5) is 25.8. The zero-order valence-electron chi connectivity index (χ0n) is 14.3. The van der Waals surface area contributed by atoms with Crippen LogP contribution in [0.2, 0.25) is 0 Å². The van der Waals surface area contributed by atoms with E-state index < -0.39 is 6.10 Å². The van der Waals surface area contributed by atoms with Crippen molar-refractivity contribution in [3.63, 3.8) is 0 Å². The largest absolute Gasteiger partial charge is 0.481 e. The molecule has 0 bridgehead atoms. The van der Waals surface area contributed by atoms with Crippen LogP contribution in [-0.4, -0.2) is 43.1 Å². The van der Waals surface area contributed by atoms with Crippen molar-refractivity contribution in [3.05, 3.63) is 29.3 Å². The number of rotatable bonds is 4. The van der Waals surface area contributed by atoms with E-state index in [1.807, 2.05) is 32.0 Å². The minimum absolute atomic E-state index is 0.0340. The van der Waals surface area contributed by atoms with Crippen LogP contribution in [0.3, 0.4) is 0 Å². The zero-order chi connectivity index (χ0) is 17.0. The highest BCUT2D eigenvalue weighted by molar-refractivity contribution is 5.81. The van der Waals surface area contributed by atoms with Crippen molar-refractivity contribution in [2.24, 2.45) is 5.92 Å². The average molecular weight is 319 g/mol. The molecule has 1 unspecified atom stereocenters. The molecule has 0 radical (unpaired) electrons. The molecule has 0 N–H and O–H groups in total. The average Bonchev–Trinajstić information content (AvgIpc) is 2.56. The molecule has 2 rings (SSSR count). The summed E-state index contributed by atoms with van der Waals surface area (Å²) in [7, 11) is 1.40. The fourth-order valence-electron chi connectivity index (χ4n) is 2.93. The van der Waals surface area contributed by atoms with Crippen LogP contribution in [0.4, 0.5) is 0 Å². The van der Waals surface area contributed by atoms with E-state index in [-0.39, 0.29) is 17.8 Å². The van der Waals surface area contributed by atoms with Gasteiger partial charge in [-0.25, -0.2) is 0 Å². The lowest BCUT2D eigenvalue weighted by atomic mass is 9.97. The van der Waals surface area contributed by atoms with Gasteiger partial charge in [0.1, 0.15) is 5.75 Å². The lowest BCUT2D eigenvalue weighted by Gasteiger charge is -2.32. The van der Waals surface area contributed by atoms with Crippen LogP contribution >= 0.6 is 0 Å². The summed E-state index contributed by atoms with van der Waals surface area (Å²) in [5.74, 6) is 0.422. The minimum Gasteiger partial charge on any atom is -0.481 e. The normalized spacial score (nSPS) is 16.8. The van der Waals surface area contributed by atoms with Gasteiger partial charge in [0.05, 0.1) is 13.0 Å². The predicted molar refractivity (Wildman–Crippen MR) is 87.3 cm³/mol. The van der Waals surface area contributed by atoms with Gasteiger partial charge in [0.15, 0.2) is 6.10 Å². The first-order valence-electron chi connectivity index (χ1n) is 8.03. The Bertz CT molecular complexity index is 576. The van der Waals surface area contributed by atoms with Gasteiger partial charge in [-0.1, -0.05) is 17.7 Å². The van der Waals surface area contributed by atoms with Gasteiger partial charge in [-0.2, -0.15) is 0 Å². The van der Waals surface area contributed by atoms with E-state index in [9.17, 15) is 9.59 Å². The number of benzene rings is 1. The number of piperidine rings is 1. The fraction of sp³-hybridized carbons (Fsp3) is 0.556.